The Morgan fingerprint density at radius 2 is 1.55 bits per heavy atom. The number of likely N-dealkylation sites (N-methyl/N-ethyl adjacent to an activating group) is 1. The number of likely N-dealkylation sites (tertiary alicyclic amines) is 1. The van der Waals surface area contributed by atoms with Gasteiger partial charge in [0.15, 0.2) is 0 Å². The summed E-state index contributed by atoms with van der Waals surface area (Å²) in [6, 6.07) is 26.5. The second-order valence-electron chi connectivity index (χ2n) is 8.60. The molecule has 1 aliphatic carbocycles. The fourth-order valence-corrected chi connectivity index (χ4v) is 5.15. The van der Waals surface area contributed by atoms with Crippen LogP contribution in [0.4, 0.5) is 0 Å². The lowest BCUT2D eigenvalue weighted by molar-refractivity contribution is -0.133. The van der Waals surface area contributed by atoms with E-state index in [4.69, 9.17) is 0 Å². The van der Waals surface area contributed by atoms with Crippen molar-refractivity contribution in [3.63, 3.8) is 0 Å². The van der Waals surface area contributed by atoms with Crippen molar-refractivity contribution in [3.05, 3.63) is 95.6 Å². The van der Waals surface area contributed by atoms with Crippen LogP contribution in [0.2, 0.25) is 0 Å². The third kappa shape index (κ3) is 3.56. The Hall–Kier alpha value is -2.95. The molecule has 0 radical (unpaired) electrons. The average molecular weight is 413 g/mol. The summed E-state index contributed by atoms with van der Waals surface area (Å²) in [5.41, 5.74) is 5.55. The first-order valence-corrected chi connectivity index (χ1v) is 11.1. The highest BCUT2D eigenvalue weighted by Crippen LogP contribution is 2.46. The summed E-state index contributed by atoms with van der Waals surface area (Å²) in [7, 11) is 1.91. The Kier molecular flexibility index (Phi) is 5.34. The lowest BCUT2D eigenvalue weighted by Gasteiger charge is -2.35. The molecule has 2 atom stereocenters. The number of carbonyl (C=O) groups is 1. The molecule has 3 aromatic carbocycles. The number of nitrogens with zero attached hydrogens (tertiary/aromatic N) is 2. The van der Waals surface area contributed by atoms with Gasteiger partial charge in [-0.3, -0.25) is 9.69 Å². The fourth-order valence-electron chi connectivity index (χ4n) is 5.15. The minimum Gasteiger partial charge on any atom is -0.378 e. The van der Waals surface area contributed by atoms with Crippen molar-refractivity contribution in [1.29, 1.82) is 0 Å². The van der Waals surface area contributed by atoms with Gasteiger partial charge < -0.3 is 10.0 Å². The Morgan fingerprint density at radius 1 is 0.968 bits per heavy atom. The van der Waals surface area contributed by atoms with E-state index in [2.05, 4.69) is 41.3 Å². The van der Waals surface area contributed by atoms with Crippen molar-refractivity contribution in [1.82, 2.24) is 9.80 Å². The van der Waals surface area contributed by atoms with Crippen LogP contribution in [0.25, 0.3) is 11.1 Å². The number of hydrogen-bond acceptors (Lipinski definition) is 3. The molecule has 1 heterocycles. The van der Waals surface area contributed by atoms with Crippen molar-refractivity contribution < 1.29 is 9.90 Å². The number of hydrogen-bond donors (Lipinski definition) is 1. The number of aliphatic hydroxyl groups is 1. The number of amides is 1. The summed E-state index contributed by atoms with van der Waals surface area (Å²) in [5.74, 6) is -0.202. The van der Waals surface area contributed by atoms with Gasteiger partial charge in [0.2, 0.25) is 5.91 Å². The van der Waals surface area contributed by atoms with Gasteiger partial charge in [0.25, 0.3) is 0 Å². The van der Waals surface area contributed by atoms with Gasteiger partial charge in [0.1, 0.15) is 6.23 Å². The lowest BCUT2D eigenvalue weighted by atomic mass is 9.94. The van der Waals surface area contributed by atoms with E-state index in [1.807, 2.05) is 54.4 Å². The number of rotatable bonds is 5. The van der Waals surface area contributed by atoms with E-state index in [9.17, 15) is 9.90 Å². The molecule has 4 nitrogen and oxygen atoms in total. The number of benzene rings is 3. The van der Waals surface area contributed by atoms with Crippen molar-refractivity contribution in [3.8, 4) is 11.1 Å². The number of carbonyl (C=O) groups excluding carboxylic acids is 1. The first-order valence-electron chi connectivity index (χ1n) is 11.1. The molecule has 5 rings (SSSR count). The molecule has 2 aliphatic rings. The summed E-state index contributed by atoms with van der Waals surface area (Å²) in [5, 5.41) is 10.4. The Morgan fingerprint density at radius 3 is 2.13 bits per heavy atom. The van der Waals surface area contributed by atoms with E-state index in [-0.39, 0.29) is 17.9 Å². The molecule has 1 unspecified atom stereocenters. The van der Waals surface area contributed by atoms with Gasteiger partial charge in [0.05, 0.1) is 12.0 Å². The Bertz CT molecular complexity index is 1040. The zero-order valence-corrected chi connectivity index (χ0v) is 17.8. The minimum atomic E-state index is -0.428. The van der Waals surface area contributed by atoms with Gasteiger partial charge in [-0.15, -0.1) is 0 Å². The molecule has 0 spiro atoms. The van der Waals surface area contributed by atoms with Crippen LogP contribution in [0, 0.1) is 0 Å². The highest BCUT2D eigenvalue weighted by atomic mass is 16.3. The lowest BCUT2D eigenvalue weighted by Crippen LogP contribution is -2.42. The predicted octanol–water partition coefficient (Wildman–Crippen LogP) is 4.41. The standard InChI is InChI=1S/C27H28N2O2/c1-28(24(19-10-3-2-4-11-19)18-29-17-9-16-25(29)30)27(31)26-22-14-7-5-12-20(22)21-13-6-8-15-23(21)26/h2-8,10-15,24-26,30H,9,16-18H2,1H3/t24-,25?/m1/s1. The van der Waals surface area contributed by atoms with E-state index in [1.54, 1.807) is 0 Å². The molecule has 158 valence electrons. The van der Waals surface area contributed by atoms with E-state index < -0.39 is 6.23 Å². The molecule has 1 N–H and O–H groups in total. The van der Waals surface area contributed by atoms with Crippen molar-refractivity contribution >= 4 is 5.91 Å². The van der Waals surface area contributed by atoms with Gasteiger partial charge in [0, 0.05) is 20.1 Å². The SMILES string of the molecule is CN(C(=O)C1c2ccccc2-c2ccccc21)[C@H](CN1CCCC1O)c1ccccc1. The summed E-state index contributed by atoms with van der Waals surface area (Å²) >= 11 is 0. The smallest absolute Gasteiger partial charge is 0.234 e. The van der Waals surface area contributed by atoms with Crippen LogP contribution < -0.4 is 0 Å². The van der Waals surface area contributed by atoms with Crippen LogP contribution >= 0.6 is 0 Å². The highest BCUT2D eigenvalue weighted by Gasteiger charge is 2.38. The predicted molar refractivity (Wildman–Crippen MR) is 122 cm³/mol. The first kappa shape index (κ1) is 20.0. The summed E-state index contributed by atoms with van der Waals surface area (Å²) in [6.07, 6.45) is 1.36. The van der Waals surface area contributed by atoms with Crippen LogP contribution in [0.3, 0.4) is 0 Å². The molecule has 4 heteroatoms. The van der Waals surface area contributed by atoms with E-state index >= 15 is 0 Å². The van der Waals surface area contributed by atoms with Crippen LogP contribution in [0.5, 0.6) is 0 Å². The summed E-state index contributed by atoms with van der Waals surface area (Å²) < 4.78 is 0. The molecule has 3 aromatic rings. The zero-order chi connectivity index (χ0) is 21.4. The summed E-state index contributed by atoms with van der Waals surface area (Å²) in [4.78, 5) is 18.0. The van der Waals surface area contributed by atoms with Gasteiger partial charge in [-0.25, -0.2) is 0 Å². The molecule has 1 fully saturated rings. The molecule has 1 saturated heterocycles. The van der Waals surface area contributed by atoms with E-state index in [0.29, 0.717) is 6.54 Å². The minimum absolute atomic E-state index is 0.0972. The van der Waals surface area contributed by atoms with E-state index in [1.165, 1.54) is 0 Å². The van der Waals surface area contributed by atoms with Crippen molar-refractivity contribution in [2.24, 2.45) is 0 Å². The fraction of sp³-hybridized carbons (Fsp3) is 0.296. The van der Waals surface area contributed by atoms with Crippen LogP contribution in [0.15, 0.2) is 78.9 Å². The molecule has 0 bridgehead atoms. The van der Waals surface area contributed by atoms with Gasteiger partial charge in [-0.2, -0.15) is 0 Å². The maximum atomic E-state index is 14.0. The first-order chi connectivity index (χ1) is 15.1. The maximum Gasteiger partial charge on any atom is 0.234 e. The number of fused-ring (bicyclic) bond motifs is 3. The van der Waals surface area contributed by atoms with Gasteiger partial charge in [-0.05, 0) is 40.7 Å². The Balaban J connectivity index is 1.51. The maximum absolute atomic E-state index is 14.0. The molecule has 31 heavy (non-hydrogen) atoms. The molecular weight excluding hydrogens is 384 g/mol. The van der Waals surface area contributed by atoms with Crippen LogP contribution in [-0.2, 0) is 4.79 Å². The van der Waals surface area contributed by atoms with Crippen LogP contribution in [0.1, 0.15) is 41.5 Å². The molecule has 1 amide bonds. The Labute approximate surface area is 183 Å². The van der Waals surface area contributed by atoms with Gasteiger partial charge in [-0.1, -0.05) is 78.9 Å². The molecule has 0 saturated carbocycles. The zero-order valence-electron chi connectivity index (χ0n) is 17.8. The van der Waals surface area contributed by atoms with Crippen LogP contribution in [-0.4, -0.2) is 47.2 Å². The quantitative estimate of drug-likeness (QED) is 0.675. The summed E-state index contributed by atoms with van der Waals surface area (Å²) in [6.45, 7) is 1.49. The van der Waals surface area contributed by atoms with Crippen molar-refractivity contribution in [2.45, 2.75) is 31.0 Å². The topological polar surface area (TPSA) is 43.8 Å². The molecule has 1 aliphatic heterocycles. The monoisotopic (exact) mass is 412 g/mol. The van der Waals surface area contributed by atoms with E-state index in [0.717, 1.165) is 47.2 Å². The average Bonchev–Trinajstić information content (AvgIpc) is 3.37. The largest absolute Gasteiger partial charge is 0.378 e. The molecule has 0 aromatic heterocycles. The van der Waals surface area contributed by atoms with Gasteiger partial charge >= 0.3 is 0 Å². The second kappa shape index (κ2) is 8.29. The second-order valence-corrected chi connectivity index (χ2v) is 8.60. The highest BCUT2D eigenvalue weighted by molar-refractivity contribution is 5.96. The third-order valence-corrected chi connectivity index (χ3v) is 6.82. The molecular formula is C27H28N2O2. The number of aliphatic hydroxyl groups excluding tert-OH is 1. The normalized spacial score (nSPS) is 19.1. The third-order valence-electron chi connectivity index (χ3n) is 6.82. The van der Waals surface area contributed by atoms with Crippen molar-refractivity contribution in [2.75, 3.05) is 20.1 Å².